The summed E-state index contributed by atoms with van der Waals surface area (Å²) >= 11 is 0. The first-order chi connectivity index (χ1) is 14.9. The zero-order valence-corrected chi connectivity index (χ0v) is 17.1. The van der Waals surface area contributed by atoms with Gasteiger partial charge < -0.3 is 21.2 Å². The summed E-state index contributed by atoms with van der Waals surface area (Å²) in [4.78, 5) is 4.23. The number of ether oxygens (including phenoxy) is 1. The number of nitrogens with zero attached hydrogens (tertiary/aromatic N) is 3. The molecule has 31 heavy (non-hydrogen) atoms. The van der Waals surface area contributed by atoms with Crippen molar-refractivity contribution in [2.24, 2.45) is 0 Å². The second kappa shape index (κ2) is 8.17. The molecule has 3 aromatic rings. The Morgan fingerprint density at radius 1 is 1.32 bits per heavy atom. The van der Waals surface area contributed by atoms with Crippen molar-refractivity contribution >= 4 is 17.7 Å². The zero-order valence-electron chi connectivity index (χ0n) is 17.1. The van der Waals surface area contributed by atoms with Gasteiger partial charge in [0.1, 0.15) is 11.9 Å². The quantitative estimate of drug-likeness (QED) is 0.555. The number of rotatable bonds is 3. The smallest absolute Gasteiger partial charge is 0.166 e. The van der Waals surface area contributed by atoms with Gasteiger partial charge in [-0.25, -0.2) is 18.4 Å². The van der Waals surface area contributed by atoms with Crippen LogP contribution in [0.2, 0.25) is 0 Å². The lowest BCUT2D eigenvalue weighted by molar-refractivity contribution is 0.226. The fourth-order valence-electron chi connectivity index (χ4n) is 3.67. The van der Waals surface area contributed by atoms with Crippen molar-refractivity contribution in [2.45, 2.75) is 26.4 Å². The summed E-state index contributed by atoms with van der Waals surface area (Å²) in [5, 5.41) is 15.4. The van der Waals surface area contributed by atoms with Crippen LogP contribution in [0.15, 0.2) is 42.2 Å². The van der Waals surface area contributed by atoms with E-state index >= 15 is 0 Å². The summed E-state index contributed by atoms with van der Waals surface area (Å²) in [6.07, 6.45) is 3.32. The Balaban J connectivity index is 2.04. The Morgan fingerprint density at radius 3 is 2.87 bits per heavy atom. The van der Waals surface area contributed by atoms with Crippen LogP contribution in [0.1, 0.15) is 36.8 Å². The van der Waals surface area contributed by atoms with Crippen molar-refractivity contribution < 1.29 is 13.5 Å². The van der Waals surface area contributed by atoms with Gasteiger partial charge in [-0.2, -0.15) is 5.10 Å². The largest absolute Gasteiger partial charge is 0.482 e. The Hall–Kier alpha value is -3.75. The van der Waals surface area contributed by atoms with Gasteiger partial charge in [0.2, 0.25) is 0 Å². The molecule has 0 fully saturated rings. The minimum Gasteiger partial charge on any atom is -0.482 e. The number of aromatic nitrogens is 3. The average Bonchev–Trinajstić information content (AvgIpc) is 3.11. The highest BCUT2D eigenvalue weighted by Crippen LogP contribution is 2.33. The van der Waals surface area contributed by atoms with Gasteiger partial charge in [0.25, 0.3) is 0 Å². The molecule has 4 rings (SSSR count). The molecule has 1 aromatic carbocycles. The van der Waals surface area contributed by atoms with E-state index in [1.54, 1.807) is 19.2 Å². The SMILES string of the molecule is CCN/C1=C(\C=N)Cc2c(F)cnn2-c2ccc(F)cc2[C@@H](C)Oc2cc1cnc2N. The van der Waals surface area contributed by atoms with Crippen molar-refractivity contribution in [3.63, 3.8) is 0 Å². The first kappa shape index (κ1) is 20.5. The molecule has 2 bridgehead atoms. The Labute approximate surface area is 178 Å². The van der Waals surface area contributed by atoms with Gasteiger partial charge >= 0.3 is 0 Å². The van der Waals surface area contributed by atoms with Gasteiger partial charge in [-0.3, -0.25) is 0 Å². The molecular weight excluding hydrogens is 402 g/mol. The van der Waals surface area contributed by atoms with E-state index in [2.05, 4.69) is 15.4 Å². The fourth-order valence-corrected chi connectivity index (χ4v) is 3.67. The molecular formula is C22H22F2N6O. The van der Waals surface area contributed by atoms with Crippen LogP contribution >= 0.6 is 0 Å². The zero-order chi connectivity index (χ0) is 22.1. The third-order valence-corrected chi connectivity index (χ3v) is 5.15. The van der Waals surface area contributed by atoms with Crippen molar-refractivity contribution in [1.29, 1.82) is 5.41 Å². The fraction of sp³-hybridized carbons (Fsp3) is 0.227. The van der Waals surface area contributed by atoms with Crippen LogP contribution in [-0.4, -0.2) is 27.5 Å². The summed E-state index contributed by atoms with van der Waals surface area (Å²) in [7, 11) is 0. The highest BCUT2D eigenvalue weighted by atomic mass is 19.1. The second-order valence-corrected chi connectivity index (χ2v) is 7.17. The van der Waals surface area contributed by atoms with Crippen LogP contribution in [0.25, 0.3) is 11.4 Å². The molecule has 9 heteroatoms. The van der Waals surface area contributed by atoms with Crippen molar-refractivity contribution in [3.8, 4) is 11.4 Å². The molecule has 4 N–H and O–H groups in total. The van der Waals surface area contributed by atoms with Crippen LogP contribution in [0.5, 0.6) is 5.75 Å². The Kier molecular flexibility index (Phi) is 5.41. The molecule has 0 spiro atoms. The molecule has 0 saturated carbocycles. The highest BCUT2D eigenvalue weighted by Gasteiger charge is 2.23. The molecule has 0 aliphatic carbocycles. The molecule has 0 radical (unpaired) electrons. The third kappa shape index (κ3) is 3.74. The number of nitrogens with one attached hydrogen (secondary N) is 2. The van der Waals surface area contributed by atoms with Crippen LogP contribution in [0, 0.1) is 17.0 Å². The topological polar surface area (TPSA) is 102 Å². The number of pyridine rings is 1. The third-order valence-electron chi connectivity index (χ3n) is 5.15. The molecule has 2 aromatic heterocycles. The van der Waals surface area contributed by atoms with E-state index in [1.165, 1.54) is 29.1 Å². The minimum atomic E-state index is -0.627. The average molecular weight is 424 g/mol. The lowest BCUT2D eigenvalue weighted by Gasteiger charge is -2.23. The van der Waals surface area contributed by atoms with Gasteiger partial charge in [0, 0.05) is 42.2 Å². The summed E-state index contributed by atoms with van der Waals surface area (Å²) in [5.41, 5.74) is 9.02. The predicted molar refractivity (Wildman–Crippen MR) is 114 cm³/mol. The maximum Gasteiger partial charge on any atom is 0.166 e. The van der Waals surface area contributed by atoms with Gasteiger partial charge in [0.15, 0.2) is 17.4 Å². The number of hydrogen-bond acceptors (Lipinski definition) is 6. The molecule has 1 aliphatic rings. The molecule has 0 unspecified atom stereocenters. The molecule has 1 atom stereocenters. The normalized spacial score (nSPS) is 18.1. The lowest BCUT2D eigenvalue weighted by Crippen LogP contribution is -2.18. The number of nitrogen functional groups attached to an aromatic ring is 1. The maximum atomic E-state index is 14.8. The lowest BCUT2D eigenvalue weighted by atomic mass is 10.0. The van der Waals surface area contributed by atoms with Crippen molar-refractivity contribution in [1.82, 2.24) is 20.1 Å². The molecule has 3 heterocycles. The second-order valence-electron chi connectivity index (χ2n) is 7.17. The van der Waals surface area contributed by atoms with Gasteiger partial charge in [-0.1, -0.05) is 0 Å². The summed E-state index contributed by atoms with van der Waals surface area (Å²) < 4.78 is 36.4. The van der Waals surface area contributed by atoms with E-state index in [4.69, 9.17) is 15.9 Å². The number of nitrogens with two attached hydrogens (primary N) is 1. The van der Waals surface area contributed by atoms with Gasteiger partial charge in [0.05, 0.1) is 17.6 Å². The molecule has 1 aliphatic heterocycles. The Bertz CT molecular complexity index is 1190. The Morgan fingerprint density at radius 2 is 2.13 bits per heavy atom. The molecule has 7 nitrogen and oxygen atoms in total. The number of fused-ring (bicyclic) bond motifs is 5. The first-order valence-corrected chi connectivity index (χ1v) is 9.85. The predicted octanol–water partition coefficient (Wildman–Crippen LogP) is 3.79. The van der Waals surface area contributed by atoms with Crippen LogP contribution in [-0.2, 0) is 6.42 Å². The number of halogens is 2. The van der Waals surface area contributed by atoms with E-state index in [-0.39, 0.29) is 17.9 Å². The number of hydrogen-bond donors (Lipinski definition) is 3. The van der Waals surface area contributed by atoms with E-state index in [9.17, 15) is 8.78 Å². The van der Waals surface area contributed by atoms with Crippen LogP contribution in [0.4, 0.5) is 14.6 Å². The molecule has 0 saturated heterocycles. The van der Waals surface area contributed by atoms with Gasteiger partial charge in [-0.05, 0) is 43.7 Å². The van der Waals surface area contributed by atoms with E-state index in [0.717, 1.165) is 6.20 Å². The maximum absolute atomic E-state index is 14.8. The van der Waals surface area contributed by atoms with E-state index in [1.807, 2.05) is 6.92 Å². The van der Waals surface area contributed by atoms with E-state index in [0.29, 0.717) is 40.4 Å². The number of allylic oxidation sites excluding steroid dienone is 1. The van der Waals surface area contributed by atoms with Crippen molar-refractivity contribution in [3.05, 3.63) is 70.7 Å². The summed E-state index contributed by atoms with van der Waals surface area (Å²) in [6.45, 7) is 4.25. The van der Waals surface area contributed by atoms with E-state index < -0.39 is 17.7 Å². The van der Waals surface area contributed by atoms with Gasteiger partial charge in [-0.15, -0.1) is 0 Å². The number of anilines is 1. The monoisotopic (exact) mass is 424 g/mol. The standard InChI is InChI=1S/C22H22F2N6O/c1-3-27-21-13(9-25)6-19-17(24)11-29-30(19)18-5-4-15(23)8-16(18)12(2)31-20-7-14(21)10-28-22(20)26/h4-5,7-12,25,27H,3,6H2,1-2H3,(H2,26,28)/b21-13-,25-9?/t12-/m1/s1. The van der Waals surface area contributed by atoms with Crippen LogP contribution in [0.3, 0.4) is 0 Å². The minimum absolute atomic E-state index is 0.0867. The van der Waals surface area contributed by atoms with Crippen LogP contribution < -0.4 is 15.8 Å². The first-order valence-electron chi connectivity index (χ1n) is 9.85. The molecule has 160 valence electrons. The number of benzene rings is 1. The van der Waals surface area contributed by atoms with Crippen molar-refractivity contribution in [2.75, 3.05) is 12.3 Å². The molecule has 0 amide bonds. The highest BCUT2D eigenvalue weighted by molar-refractivity contribution is 5.89. The summed E-state index contributed by atoms with van der Waals surface area (Å²) in [5.74, 6) is -0.465. The summed E-state index contributed by atoms with van der Waals surface area (Å²) in [6, 6.07) is 5.87.